The molecule has 0 bridgehead atoms. The molecule has 0 amide bonds. The fourth-order valence-electron chi connectivity index (χ4n) is 2.55. The molecule has 2 heterocycles. The number of carbonyl (C=O) groups excluding carboxylic acids is 1. The Labute approximate surface area is 112 Å². The van der Waals surface area contributed by atoms with Crippen molar-refractivity contribution in [1.82, 2.24) is 0 Å². The van der Waals surface area contributed by atoms with Crippen LogP contribution >= 0.6 is 15.9 Å². The number of Topliss-reactive ketones (excluding diaryl/α,β-unsaturated/α-hetero) is 1. The van der Waals surface area contributed by atoms with Gasteiger partial charge in [0, 0.05) is 12.5 Å². The van der Waals surface area contributed by atoms with Crippen LogP contribution in [0.5, 0.6) is 5.75 Å². The predicted octanol–water partition coefficient (Wildman–Crippen LogP) is 2.96. The van der Waals surface area contributed by atoms with Crippen LogP contribution in [0, 0.1) is 11.7 Å². The molecular weight excluding hydrogens is 303 g/mol. The summed E-state index contributed by atoms with van der Waals surface area (Å²) in [6.07, 6.45) is 0.639. The third kappa shape index (κ3) is 1.68. The van der Waals surface area contributed by atoms with Gasteiger partial charge < -0.3 is 9.47 Å². The summed E-state index contributed by atoms with van der Waals surface area (Å²) in [5.41, 5.74) is -0.154. The van der Waals surface area contributed by atoms with Crippen molar-refractivity contribution in [2.24, 2.45) is 5.92 Å². The summed E-state index contributed by atoms with van der Waals surface area (Å²) in [7, 11) is 0. The van der Waals surface area contributed by atoms with Crippen molar-refractivity contribution in [3.63, 3.8) is 0 Å². The molecule has 5 heteroatoms. The molecule has 1 fully saturated rings. The van der Waals surface area contributed by atoms with E-state index in [2.05, 4.69) is 15.9 Å². The van der Waals surface area contributed by atoms with Gasteiger partial charge in [0.15, 0.2) is 5.78 Å². The number of benzene rings is 1. The fourth-order valence-corrected chi connectivity index (χ4v) is 2.89. The van der Waals surface area contributed by atoms with Gasteiger partial charge in [-0.25, -0.2) is 4.39 Å². The minimum absolute atomic E-state index is 0.0286. The van der Waals surface area contributed by atoms with Crippen molar-refractivity contribution < 1.29 is 18.7 Å². The molecular formula is C13H12BrFO3. The van der Waals surface area contributed by atoms with Crippen LogP contribution in [0.2, 0.25) is 0 Å². The Bertz CT molecular complexity index is 531. The highest BCUT2D eigenvalue weighted by Gasteiger charge is 2.48. The number of ketones is 1. The predicted molar refractivity (Wildman–Crippen MR) is 66.4 cm³/mol. The molecule has 0 spiro atoms. The molecule has 0 saturated carbocycles. The van der Waals surface area contributed by atoms with E-state index in [1.54, 1.807) is 0 Å². The first-order valence-corrected chi connectivity index (χ1v) is 6.60. The van der Waals surface area contributed by atoms with E-state index in [9.17, 15) is 9.18 Å². The zero-order valence-corrected chi connectivity index (χ0v) is 11.4. The van der Waals surface area contributed by atoms with Crippen LogP contribution < -0.4 is 4.74 Å². The molecule has 2 aliphatic rings. The van der Waals surface area contributed by atoms with E-state index in [0.29, 0.717) is 30.9 Å². The molecule has 1 aromatic carbocycles. The number of ether oxygens (including phenoxy) is 2. The van der Waals surface area contributed by atoms with E-state index in [0.717, 1.165) is 0 Å². The summed E-state index contributed by atoms with van der Waals surface area (Å²) < 4.78 is 25.0. The van der Waals surface area contributed by atoms with Crippen LogP contribution in [0.15, 0.2) is 16.6 Å². The topological polar surface area (TPSA) is 35.5 Å². The Balaban J connectivity index is 2.12. The number of fused-ring (bicyclic) bond motifs is 2. The van der Waals surface area contributed by atoms with Crippen molar-refractivity contribution in [3.05, 3.63) is 28.0 Å². The highest BCUT2D eigenvalue weighted by Crippen LogP contribution is 2.42. The van der Waals surface area contributed by atoms with Gasteiger partial charge in [-0.2, -0.15) is 0 Å². The van der Waals surface area contributed by atoms with Gasteiger partial charge in [0.1, 0.15) is 17.2 Å². The fraction of sp³-hybridized carbons (Fsp3) is 0.462. The molecule has 96 valence electrons. The molecule has 18 heavy (non-hydrogen) atoms. The van der Waals surface area contributed by atoms with Gasteiger partial charge in [0.2, 0.25) is 0 Å². The van der Waals surface area contributed by atoms with Crippen LogP contribution in [0.3, 0.4) is 0 Å². The van der Waals surface area contributed by atoms with Crippen LogP contribution in [-0.2, 0) is 4.74 Å². The minimum Gasteiger partial charge on any atom is -0.486 e. The lowest BCUT2D eigenvalue weighted by Gasteiger charge is -2.44. The molecule has 0 aliphatic carbocycles. The molecule has 2 atom stereocenters. The van der Waals surface area contributed by atoms with Crippen molar-refractivity contribution in [2.75, 3.05) is 13.2 Å². The summed E-state index contributed by atoms with van der Waals surface area (Å²) in [6, 6.07) is 2.76. The Morgan fingerprint density at radius 3 is 3.06 bits per heavy atom. The minimum atomic E-state index is -0.581. The largest absolute Gasteiger partial charge is 0.486 e. The van der Waals surface area contributed by atoms with E-state index >= 15 is 0 Å². The van der Waals surface area contributed by atoms with Crippen molar-refractivity contribution in [3.8, 4) is 5.75 Å². The lowest BCUT2D eigenvalue weighted by molar-refractivity contribution is -0.0770. The lowest BCUT2D eigenvalue weighted by Crippen LogP contribution is -2.53. The van der Waals surface area contributed by atoms with Gasteiger partial charge in [-0.3, -0.25) is 4.79 Å². The number of rotatable bonds is 0. The average Bonchev–Trinajstić information content (AvgIpc) is 2.32. The number of hydrogen-bond acceptors (Lipinski definition) is 3. The van der Waals surface area contributed by atoms with Crippen LogP contribution in [-0.4, -0.2) is 24.6 Å². The van der Waals surface area contributed by atoms with Crippen molar-refractivity contribution in [2.45, 2.75) is 18.9 Å². The van der Waals surface area contributed by atoms with E-state index < -0.39 is 11.4 Å². The maximum Gasteiger partial charge on any atom is 0.176 e. The van der Waals surface area contributed by atoms with Gasteiger partial charge >= 0.3 is 0 Å². The number of carbonyl (C=O) groups is 1. The summed E-state index contributed by atoms with van der Waals surface area (Å²) in [4.78, 5) is 12.4. The molecule has 0 aromatic heterocycles. The molecule has 0 radical (unpaired) electrons. The van der Waals surface area contributed by atoms with E-state index in [4.69, 9.17) is 9.47 Å². The summed E-state index contributed by atoms with van der Waals surface area (Å²) >= 11 is 3.09. The molecule has 2 aliphatic heterocycles. The third-order valence-electron chi connectivity index (χ3n) is 3.71. The van der Waals surface area contributed by atoms with Gasteiger partial charge in [-0.05, 0) is 28.9 Å². The quantitative estimate of drug-likeness (QED) is 0.738. The third-order valence-corrected chi connectivity index (χ3v) is 4.32. The molecule has 0 unspecified atom stereocenters. The van der Waals surface area contributed by atoms with Crippen molar-refractivity contribution >= 4 is 21.7 Å². The average molecular weight is 315 g/mol. The van der Waals surface area contributed by atoms with E-state index in [1.807, 2.05) is 6.92 Å². The molecule has 0 N–H and O–H groups in total. The molecule has 3 rings (SSSR count). The standard InChI is InChI=1S/C13H12BrFO3/c1-13-2-3-17-6-8(13)12(16)7-4-9(14)10(15)5-11(7)18-13/h4-5,8H,2-3,6H2,1H3/t8-,13+/m1/s1. The summed E-state index contributed by atoms with van der Waals surface area (Å²) in [5.74, 6) is -0.424. The number of halogens is 2. The van der Waals surface area contributed by atoms with Gasteiger partial charge in [-0.1, -0.05) is 0 Å². The van der Waals surface area contributed by atoms with Gasteiger partial charge in [-0.15, -0.1) is 0 Å². The highest BCUT2D eigenvalue weighted by atomic mass is 79.9. The maximum atomic E-state index is 13.5. The zero-order valence-electron chi connectivity index (χ0n) is 9.83. The second-order valence-electron chi connectivity index (χ2n) is 4.92. The number of hydrogen-bond donors (Lipinski definition) is 0. The summed E-state index contributed by atoms with van der Waals surface area (Å²) in [5, 5.41) is 0. The maximum absolute atomic E-state index is 13.5. The molecule has 1 aromatic rings. The van der Waals surface area contributed by atoms with Crippen LogP contribution in [0.25, 0.3) is 0 Å². The Hall–Kier alpha value is -0.940. The second kappa shape index (κ2) is 4.03. The SMILES string of the molecule is C[C@]12CCOC[C@@H]1C(=O)c1cc(Br)c(F)cc1O2. The van der Waals surface area contributed by atoms with E-state index in [-0.39, 0.29) is 16.2 Å². The summed E-state index contributed by atoms with van der Waals surface area (Å²) in [6.45, 7) is 2.82. The van der Waals surface area contributed by atoms with Gasteiger partial charge in [0.25, 0.3) is 0 Å². The van der Waals surface area contributed by atoms with Crippen LogP contribution in [0.4, 0.5) is 4.39 Å². The first kappa shape index (κ1) is 12.1. The Morgan fingerprint density at radius 2 is 2.28 bits per heavy atom. The zero-order chi connectivity index (χ0) is 12.9. The molecule has 1 saturated heterocycles. The highest BCUT2D eigenvalue weighted by molar-refractivity contribution is 9.10. The normalized spacial score (nSPS) is 30.4. The van der Waals surface area contributed by atoms with Gasteiger partial charge in [0.05, 0.1) is 29.2 Å². The second-order valence-corrected chi connectivity index (χ2v) is 5.77. The molecule has 3 nitrogen and oxygen atoms in total. The Kier molecular flexibility index (Phi) is 2.71. The first-order valence-electron chi connectivity index (χ1n) is 5.81. The first-order chi connectivity index (χ1) is 8.51. The monoisotopic (exact) mass is 314 g/mol. The van der Waals surface area contributed by atoms with Crippen molar-refractivity contribution in [1.29, 1.82) is 0 Å². The smallest absolute Gasteiger partial charge is 0.176 e. The van der Waals surface area contributed by atoms with Crippen LogP contribution in [0.1, 0.15) is 23.7 Å². The lowest BCUT2D eigenvalue weighted by atomic mass is 9.77. The van der Waals surface area contributed by atoms with E-state index in [1.165, 1.54) is 12.1 Å². The Morgan fingerprint density at radius 1 is 1.50 bits per heavy atom.